The molecule has 198 valence electrons. The van der Waals surface area contributed by atoms with E-state index in [1.54, 1.807) is 28.9 Å². The molecule has 0 spiro atoms. The van der Waals surface area contributed by atoms with Crippen molar-refractivity contribution in [1.29, 1.82) is 0 Å². The Morgan fingerprint density at radius 2 is 1.77 bits per heavy atom. The summed E-state index contributed by atoms with van der Waals surface area (Å²) in [6.07, 6.45) is 2.68. The van der Waals surface area contributed by atoms with E-state index in [9.17, 15) is 9.59 Å². The molecule has 3 aromatic heterocycles. The quantitative estimate of drug-likeness (QED) is 0.276. The molecule has 2 amide bonds. The van der Waals surface area contributed by atoms with Gasteiger partial charge in [-0.2, -0.15) is 5.10 Å². The first-order chi connectivity index (χ1) is 18.7. The van der Waals surface area contributed by atoms with Crippen molar-refractivity contribution in [3.8, 4) is 22.9 Å². The number of pyridine rings is 1. The lowest BCUT2D eigenvalue weighted by Crippen LogP contribution is -2.21. The van der Waals surface area contributed by atoms with Crippen LogP contribution in [0.15, 0.2) is 77.9 Å². The molecule has 5 aromatic rings. The predicted molar refractivity (Wildman–Crippen MR) is 148 cm³/mol. The van der Waals surface area contributed by atoms with Gasteiger partial charge in [-0.05, 0) is 24.3 Å². The topological polar surface area (TPSA) is 136 Å². The van der Waals surface area contributed by atoms with Crippen LogP contribution in [0.3, 0.4) is 0 Å². The summed E-state index contributed by atoms with van der Waals surface area (Å²) < 4.78 is 13.2. The molecule has 3 N–H and O–H groups in total. The second-order valence-corrected chi connectivity index (χ2v) is 9.71. The molecule has 3 heterocycles. The highest BCUT2D eigenvalue weighted by molar-refractivity contribution is 6.00. The summed E-state index contributed by atoms with van der Waals surface area (Å²) in [4.78, 5) is 35.5. The van der Waals surface area contributed by atoms with Crippen molar-refractivity contribution in [3.63, 3.8) is 0 Å². The minimum Gasteiger partial charge on any atom is -0.494 e. The number of fused-ring (bicyclic) bond motifs is 1. The van der Waals surface area contributed by atoms with Crippen LogP contribution in [-0.2, 0) is 5.41 Å². The second kappa shape index (κ2) is 10.3. The van der Waals surface area contributed by atoms with Crippen LogP contribution in [0.4, 0.5) is 16.3 Å². The van der Waals surface area contributed by atoms with Crippen molar-refractivity contribution in [1.82, 2.24) is 24.7 Å². The monoisotopic (exact) mass is 525 g/mol. The predicted octanol–water partition coefficient (Wildman–Crippen LogP) is 5.25. The van der Waals surface area contributed by atoms with Crippen molar-refractivity contribution < 1.29 is 14.3 Å². The van der Waals surface area contributed by atoms with E-state index in [2.05, 4.69) is 46.4 Å². The molecule has 2 aromatic carbocycles. The molecule has 5 rings (SSSR count). The lowest BCUT2D eigenvalue weighted by Gasteiger charge is -2.14. The van der Waals surface area contributed by atoms with Gasteiger partial charge in [0.1, 0.15) is 22.8 Å². The number of methoxy groups -OCH3 is 1. The van der Waals surface area contributed by atoms with Crippen LogP contribution in [0.25, 0.3) is 16.9 Å². The van der Waals surface area contributed by atoms with E-state index in [0.717, 1.165) is 17.6 Å². The molecule has 0 atom stereocenters. The summed E-state index contributed by atoms with van der Waals surface area (Å²) in [5.41, 5.74) is 2.24. The summed E-state index contributed by atoms with van der Waals surface area (Å²) in [7, 11) is 1.50. The van der Waals surface area contributed by atoms with E-state index in [-0.39, 0.29) is 11.0 Å². The highest BCUT2D eigenvalue weighted by Crippen LogP contribution is 2.33. The largest absolute Gasteiger partial charge is 0.494 e. The summed E-state index contributed by atoms with van der Waals surface area (Å²) >= 11 is 0. The average Bonchev–Trinajstić information content (AvgIpc) is 3.34. The number of aromatic nitrogens is 5. The average molecular weight is 526 g/mol. The minimum atomic E-state index is -0.465. The maximum atomic E-state index is 13.0. The van der Waals surface area contributed by atoms with Gasteiger partial charge in [0.15, 0.2) is 11.4 Å². The van der Waals surface area contributed by atoms with Gasteiger partial charge in [-0.25, -0.2) is 19.4 Å². The Morgan fingerprint density at radius 1 is 0.974 bits per heavy atom. The van der Waals surface area contributed by atoms with Crippen LogP contribution in [-0.4, -0.2) is 37.9 Å². The van der Waals surface area contributed by atoms with E-state index in [0.29, 0.717) is 39.9 Å². The highest BCUT2D eigenvalue weighted by atomic mass is 16.5. The number of anilines is 2. The van der Waals surface area contributed by atoms with E-state index in [1.165, 1.54) is 13.3 Å². The molecule has 0 aliphatic rings. The molecule has 39 heavy (non-hydrogen) atoms. The van der Waals surface area contributed by atoms with Crippen LogP contribution in [0.2, 0.25) is 0 Å². The van der Waals surface area contributed by atoms with Crippen LogP contribution in [0, 0.1) is 0 Å². The lowest BCUT2D eigenvalue weighted by atomic mass is 9.92. The van der Waals surface area contributed by atoms with E-state index < -0.39 is 6.03 Å². The summed E-state index contributed by atoms with van der Waals surface area (Å²) in [5.74, 6) is 1.75. The number of ether oxygens (including phenoxy) is 2. The van der Waals surface area contributed by atoms with Crippen LogP contribution < -0.4 is 25.7 Å². The Kier molecular flexibility index (Phi) is 6.72. The second-order valence-electron chi connectivity index (χ2n) is 9.71. The van der Waals surface area contributed by atoms with Crippen LogP contribution in [0.5, 0.6) is 17.2 Å². The number of benzene rings is 2. The summed E-state index contributed by atoms with van der Waals surface area (Å²) in [6, 6.07) is 17.6. The zero-order chi connectivity index (χ0) is 27.6. The minimum absolute atomic E-state index is 0.211. The van der Waals surface area contributed by atoms with Gasteiger partial charge in [0.25, 0.3) is 5.56 Å². The first-order valence-electron chi connectivity index (χ1n) is 12.2. The molecular weight excluding hydrogens is 498 g/mol. The molecule has 11 heteroatoms. The third-order valence-corrected chi connectivity index (χ3v) is 5.81. The fourth-order valence-electron chi connectivity index (χ4n) is 3.84. The summed E-state index contributed by atoms with van der Waals surface area (Å²) in [5, 5.41) is 10.5. The van der Waals surface area contributed by atoms with Gasteiger partial charge in [0.05, 0.1) is 30.4 Å². The van der Waals surface area contributed by atoms with Gasteiger partial charge in [0.2, 0.25) is 0 Å². The van der Waals surface area contributed by atoms with Gasteiger partial charge in [-0.15, -0.1) is 0 Å². The Labute approximate surface area is 223 Å². The number of nitrogens with one attached hydrogen (secondary N) is 3. The zero-order valence-electron chi connectivity index (χ0n) is 21.9. The normalized spacial score (nSPS) is 11.3. The van der Waals surface area contributed by atoms with Crippen molar-refractivity contribution >= 4 is 28.7 Å². The Bertz CT molecular complexity index is 1710. The number of aromatic amines is 1. The molecule has 0 aliphatic heterocycles. The van der Waals surface area contributed by atoms with E-state index in [4.69, 9.17) is 14.6 Å². The molecule has 0 saturated heterocycles. The maximum Gasteiger partial charge on any atom is 0.324 e. The molecule has 0 fully saturated rings. The summed E-state index contributed by atoms with van der Waals surface area (Å²) in [6.45, 7) is 6.19. The molecule has 11 nitrogen and oxygen atoms in total. The van der Waals surface area contributed by atoms with E-state index in [1.807, 2.05) is 36.4 Å². The van der Waals surface area contributed by atoms with Crippen molar-refractivity contribution in [3.05, 3.63) is 89.1 Å². The number of rotatable bonds is 6. The molecule has 0 saturated carbocycles. The van der Waals surface area contributed by atoms with Gasteiger partial charge in [-0.3, -0.25) is 10.1 Å². The zero-order valence-corrected chi connectivity index (χ0v) is 21.9. The van der Waals surface area contributed by atoms with Crippen molar-refractivity contribution in [2.45, 2.75) is 26.2 Å². The number of amides is 2. The SMILES string of the molecule is COc1cc(Oc2ccnc3[nH]c(=O)cnc23)ccc1NC(=O)Nc1cc(C(C)(C)C)nn1-c1ccccc1. The first-order valence-corrected chi connectivity index (χ1v) is 12.2. The van der Waals surface area contributed by atoms with Crippen molar-refractivity contribution in [2.75, 3.05) is 17.7 Å². The molecule has 0 radical (unpaired) electrons. The number of carbonyl (C=O) groups is 1. The molecule has 0 aliphatic carbocycles. The fraction of sp³-hybridized carbons (Fsp3) is 0.179. The highest BCUT2D eigenvalue weighted by Gasteiger charge is 2.22. The Morgan fingerprint density at radius 3 is 2.51 bits per heavy atom. The first kappa shape index (κ1) is 25.5. The van der Waals surface area contributed by atoms with Gasteiger partial charge < -0.3 is 19.8 Å². The number of carbonyl (C=O) groups excluding carboxylic acids is 1. The number of urea groups is 1. The van der Waals surface area contributed by atoms with Gasteiger partial charge >= 0.3 is 6.03 Å². The van der Waals surface area contributed by atoms with Crippen LogP contribution in [0.1, 0.15) is 26.5 Å². The standard InChI is InChI=1S/C28H27N7O4/c1-28(2,3)22-15-23(35(34-22)17-8-6-5-7-9-17)32-27(37)31-19-11-10-18(14-21(19)38-4)39-20-12-13-29-26-25(20)30-16-24(36)33-26/h5-16H,1-4H3,(H,29,33,36)(H2,31,32,37). The third-order valence-electron chi connectivity index (χ3n) is 5.81. The molecule has 0 unspecified atom stereocenters. The van der Waals surface area contributed by atoms with Crippen molar-refractivity contribution in [2.24, 2.45) is 0 Å². The van der Waals surface area contributed by atoms with Crippen LogP contribution >= 0.6 is 0 Å². The fourth-order valence-corrected chi connectivity index (χ4v) is 3.84. The van der Waals surface area contributed by atoms with E-state index >= 15 is 0 Å². The number of hydrogen-bond donors (Lipinski definition) is 3. The van der Waals surface area contributed by atoms with Gasteiger partial charge in [0, 0.05) is 29.8 Å². The smallest absolute Gasteiger partial charge is 0.324 e. The number of para-hydroxylation sites is 1. The number of hydrogen-bond acceptors (Lipinski definition) is 7. The lowest BCUT2D eigenvalue weighted by molar-refractivity contribution is 0.262. The molecule has 0 bridgehead atoms. The Hall–Kier alpha value is -5.19. The van der Waals surface area contributed by atoms with Gasteiger partial charge in [-0.1, -0.05) is 39.0 Å². The molecular formula is C28H27N7O4. The number of nitrogens with zero attached hydrogens (tertiary/aromatic N) is 4. The number of H-pyrrole nitrogens is 1. The third kappa shape index (κ3) is 5.57. The maximum absolute atomic E-state index is 13.0. The Balaban J connectivity index is 1.37.